The van der Waals surface area contributed by atoms with E-state index in [0.29, 0.717) is 31.1 Å². The number of piperazine rings is 1. The van der Waals surface area contributed by atoms with E-state index in [2.05, 4.69) is 0 Å². The summed E-state index contributed by atoms with van der Waals surface area (Å²) in [6.45, 7) is 9.37. The topological polar surface area (TPSA) is 57.7 Å². The Morgan fingerprint density at radius 1 is 1.27 bits per heavy atom. The maximum absolute atomic E-state index is 12.7. The summed E-state index contributed by atoms with van der Waals surface area (Å²) >= 11 is 1.50. The third-order valence-electron chi connectivity index (χ3n) is 4.20. The normalized spacial score (nSPS) is 18.5. The lowest BCUT2D eigenvalue weighted by atomic mass is 10.1. The highest BCUT2D eigenvalue weighted by Gasteiger charge is 2.32. The van der Waals surface area contributed by atoms with E-state index in [1.54, 1.807) is 11.0 Å². The summed E-state index contributed by atoms with van der Waals surface area (Å²) in [4.78, 5) is 16.2. The molecule has 1 unspecified atom stereocenters. The molecule has 0 radical (unpaired) electrons. The largest absolute Gasteiger partial charge is 0.340 e. The lowest BCUT2D eigenvalue weighted by Gasteiger charge is -2.35. The molecule has 0 aromatic carbocycles. The Morgan fingerprint density at radius 3 is 2.32 bits per heavy atom. The summed E-state index contributed by atoms with van der Waals surface area (Å²) in [6.07, 6.45) is 0.810. The summed E-state index contributed by atoms with van der Waals surface area (Å²) in [5.74, 6) is 0.132. The van der Waals surface area contributed by atoms with E-state index < -0.39 is 10.0 Å². The maximum atomic E-state index is 12.7. The standard InChI is InChI=1S/C15H24N2O3S2/c1-5-11(2)15(18)16-6-8-17(9-7-16)22(19,20)14-10-12(3)21-13(14)4/h10-11H,5-9H2,1-4H3. The zero-order chi connectivity index (χ0) is 16.5. The van der Waals surface area contributed by atoms with Crippen LogP contribution in [0.25, 0.3) is 0 Å². The van der Waals surface area contributed by atoms with Crippen LogP contribution in [0, 0.1) is 19.8 Å². The minimum atomic E-state index is -3.44. The van der Waals surface area contributed by atoms with Gasteiger partial charge in [0.2, 0.25) is 15.9 Å². The van der Waals surface area contributed by atoms with Crippen molar-refractivity contribution in [1.82, 2.24) is 9.21 Å². The average Bonchev–Trinajstić information content (AvgIpc) is 2.85. The van der Waals surface area contributed by atoms with Crippen molar-refractivity contribution in [2.45, 2.75) is 39.0 Å². The Hall–Kier alpha value is -0.920. The maximum Gasteiger partial charge on any atom is 0.244 e. The number of aryl methyl sites for hydroxylation is 2. The van der Waals surface area contributed by atoms with Crippen LogP contribution in [0.2, 0.25) is 0 Å². The lowest BCUT2D eigenvalue weighted by Crippen LogP contribution is -2.51. The number of carbonyl (C=O) groups is 1. The van der Waals surface area contributed by atoms with Crippen LogP contribution >= 0.6 is 11.3 Å². The molecule has 1 aliphatic rings. The smallest absolute Gasteiger partial charge is 0.244 e. The van der Waals surface area contributed by atoms with Crippen LogP contribution in [0.3, 0.4) is 0 Å². The van der Waals surface area contributed by atoms with Gasteiger partial charge in [-0.2, -0.15) is 4.31 Å². The van der Waals surface area contributed by atoms with Crippen LogP contribution in [0.15, 0.2) is 11.0 Å². The first-order valence-corrected chi connectivity index (χ1v) is 9.89. The van der Waals surface area contributed by atoms with Gasteiger partial charge in [-0.3, -0.25) is 4.79 Å². The number of nitrogens with zero attached hydrogens (tertiary/aromatic N) is 2. The van der Waals surface area contributed by atoms with E-state index in [0.717, 1.165) is 16.2 Å². The Morgan fingerprint density at radius 2 is 1.86 bits per heavy atom. The number of hydrogen-bond donors (Lipinski definition) is 0. The highest BCUT2D eigenvalue weighted by molar-refractivity contribution is 7.89. The van der Waals surface area contributed by atoms with Gasteiger partial charge in [-0.15, -0.1) is 11.3 Å². The monoisotopic (exact) mass is 344 g/mol. The highest BCUT2D eigenvalue weighted by Crippen LogP contribution is 2.28. The molecule has 7 heteroatoms. The lowest BCUT2D eigenvalue weighted by molar-refractivity contribution is -0.136. The van der Waals surface area contributed by atoms with Gasteiger partial charge in [0.15, 0.2) is 0 Å². The first-order valence-electron chi connectivity index (χ1n) is 7.63. The number of amides is 1. The Labute approximate surface area is 137 Å². The SMILES string of the molecule is CCC(C)C(=O)N1CCN(S(=O)(=O)c2cc(C)sc2C)CC1. The van der Waals surface area contributed by atoms with E-state index >= 15 is 0 Å². The summed E-state index contributed by atoms with van der Waals surface area (Å²) in [5, 5.41) is 0. The van der Waals surface area contributed by atoms with Crippen molar-refractivity contribution < 1.29 is 13.2 Å². The summed E-state index contributed by atoms with van der Waals surface area (Å²) in [6, 6.07) is 1.74. The van der Waals surface area contributed by atoms with Gasteiger partial charge in [0.05, 0.1) is 4.90 Å². The Kier molecular flexibility index (Phi) is 5.29. The molecule has 1 saturated heterocycles. The fourth-order valence-electron chi connectivity index (χ4n) is 2.64. The number of sulfonamides is 1. The zero-order valence-electron chi connectivity index (χ0n) is 13.6. The third-order valence-corrected chi connectivity index (χ3v) is 7.32. The van der Waals surface area contributed by atoms with Gasteiger partial charge in [-0.05, 0) is 26.3 Å². The van der Waals surface area contributed by atoms with Gasteiger partial charge in [0.1, 0.15) is 0 Å². The molecule has 0 aliphatic carbocycles. The van der Waals surface area contributed by atoms with Crippen molar-refractivity contribution in [1.29, 1.82) is 0 Å². The first-order chi connectivity index (χ1) is 10.3. The second-order valence-corrected chi connectivity index (χ2v) is 9.18. The van der Waals surface area contributed by atoms with Gasteiger partial charge in [0, 0.05) is 41.9 Å². The van der Waals surface area contributed by atoms with Crippen LogP contribution in [-0.4, -0.2) is 49.7 Å². The van der Waals surface area contributed by atoms with Gasteiger partial charge < -0.3 is 4.90 Å². The minimum Gasteiger partial charge on any atom is -0.340 e. The predicted octanol–water partition coefficient (Wildman–Crippen LogP) is 2.24. The van der Waals surface area contributed by atoms with Crippen LogP contribution in [0.1, 0.15) is 30.0 Å². The molecule has 1 atom stereocenters. The van der Waals surface area contributed by atoms with Gasteiger partial charge in [-0.1, -0.05) is 13.8 Å². The molecule has 0 N–H and O–H groups in total. The predicted molar refractivity (Wildman–Crippen MR) is 88.6 cm³/mol. The molecule has 22 heavy (non-hydrogen) atoms. The second kappa shape index (κ2) is 6.68. The molecule has 5 nitrogen and oxygen atoms in total. The van der Waals surface area contributed by atoms with Crippen molar-refractivity contribution in [2.24, 2.45) is 5.92 Å². The Bertz CT molecular complexity index is 644. The molecule has 0 bridgehead atoms. The molecule has 1 amide bonds. The third kappa shape index (κ3) is 3.36. The van der Waals surface area contributed by atoms with Crippen molar-refractivity contribution >= 4 is 27.3 Å². The van der Waals surface area contributed by atoms with Crippen LogP contribution in [-0.2, 0) is 14.8 Å². The summed E-state index contributed by atoms with van der Waals surface area (Å²) < 4.78 is 26.9. The molecular formula is C15H24N2O3S2. The summed E-state index contributed by atoms with van der Waals surface area (Å²) in [7, 11) is -3.44. The average molecular weight is 345 g/mol. The molecule has 0 saturated carbocycles. The molecule has 0 spiro atoms. The van der Waals surface area contributed by atoms with E-state index in [1.807, 2.05) is 27.7 Å². The molecule has 124 valence electrons. The van der Waals surface area contributed by atoms with Crippen LogP contribution < -0.4 is 0 Å². The van der Waals surface area contributed by atoms with Crippen LogP contribution in [0.4, 0.5) is 0 Å². The molecule has 1 aromatic rings. The minimum absolute atomic E-state index is 0.00456. The number of thiophene rings is 1. The fourth-order valence-corrected chi connectivity index (χ4v) is 5.58. The molecule has 1 fully saturated rings. The van der Waals surface area contributed by atoms with E-state index in [-0.39, 0.29) is 11.8 Å². The van der Waals surface area contributed by atoms with E-state index in [9.17, 15) is 13.2 Å². The first kappa shape index (κ1) is 17.4. The number of carbonyl (C=O) groups excluding carboxylic acids is 1. The summed E-state index contributed by atoms with van der Waals surface area (Å²) in [5.41, 5.74) is 0. The molecular weight excluding hydrogens is 320 g/mol. The number of hydrogen-bond acceptors (Lipinski definition) is 4. The molecule has 1 aromatic heterocycles. The second-order valence-electron chi connectivity index (χ2n) is 5.82. The van der Waals surface area contributed by atoms with Crippen molar-refractivity contribution in [3.63, 3.8) is 0 Å². The molecule has 2 rings (SSSR count). The van der Waals surface area contributed by atoms with E-state index in [4.69, 9.17) is 0 Å². The van der Waals surface area contributed by atoms with Crippen molar-refractivity contribution in [3.05, 3.63) is 15.8 Å². The van der Waals surface area contributed by atoms with Gasteiger partial charge >= 0.3 is 0 Å². The highest BCUT2D eigenvalue weighted by atomic mass is 32.2. The van der Waals surface area contributed by atoms with Crippen LogP contribution in [0.5, 0.6) is 0 Å². The fraction of sp³-hybridized carbons (Fsp3) is 0.667. The van der Waals surface area contributed by atoms with Gasteiger partial charge in [0.25, 0.3) is 0 Å². The quantitative estimate of drug-likeness (QED) is 0.842. The molecule has 2 heterocycles. The van der Waals surface area contributed by atoms with Crippen molar-refractivity contribution in [2.75, 3.05) is 26.2 Å². The Balaban J connectivity index is 2.08. The number of rotatable bonds is 4. The van der Waals surface area contributed by atoms with Gasteiger partial charge in [-0.25, -0.2) is 8.42 Å². The molecule has 1 aliphatic heterocycles. The van der Waals surface area contributed by atoms with Crippen molar-refractivity contribution in [3.8, 4) is 0 Å². The zero-order valence-corrected chi connectivity index (χ0v) is 15.3. The van der Waals surface area contributed by atoms with E-state index in [1.165, 1.54) is 15.6 Å².